The van der Waals surface area contributed by atoms with Crippen molar-refractivity contribution >= 4 is 5.91 Å². The molecule has 0 aromatic heterocycles. The van der Waals surface area contributed by atoms with E-state index in [9.17, 15) is 4.79 Å². The van der Waals surface area contributed by atoms with Crippen molar-refractivity contribution in [3.05, 3.63) is 0 Å². The molecule has 2 heterocycles. The average molecular weight is 226 g/mol. The summed E-state index contributed by atoms with van der Waals surface area (Å²) in [6.45, 7) is 6.29. The van der Waals surface area contributed by atoms with Gasteiger partial charge >= 0.3 is 0 Å². The quantitative estimate of drug-likeness (QED) is 0.713. The standard InChI is InChI=1S/C12H22N2O2/c1-10-3-4-13-11(9-10)12(15)14-5-2-7-16-8-6-14/h10-11,13H,2-9H2,1H3. The zero-order valence-electron chi connectivity index (χ0n) is 10.1. The van der Waals surface area contributed by atoms with Crippen LogP contribution in [0, 0.1) is 5.92 Å². The van der Waals surface area contributed by atoms with Gasteiger partial charge in [0.05, 0.1) is 12.6 Å². The van der Waals surface area contributed by atoms with Crippen LogP contribution in [0.1, 0.15) is 26.2 Å². The average Bonchev–Trinajstić information content (AvgIpc) is 2.56. The van der Waals surface area contributed by atoms with Gasteiger partial charge in [-0.1, -0.05) is 6.92 Å². The highest BCUT2D eigenvalue weighted by molar-refractivity contribution is 5.82. The third-order valence-corrected chi connectivity index (χ3v) is 3.50. The molecular formula is C12H22N2O2. The third kappa shape index (κ3) is 2.95. The largest absolute Gasteiger partial charge is 0.380 e. The van der Waals surface area contributed by atoms with Crippen molar-refractivity contribution in [2.24, 2.45) is 5.92 Å². The molecule has 0 aliphatic carbocycles. The molecule has 0 aromatic rings. The van der Waals surface area contributed by atoms with E-state index in [4.69, 9.17) is 4.74 Å². The monoisotopic (exact) mass is 226 g/mol. The van der Waals surface area contributed by atoms with Crippen LogP contribution < -0.4 is 5.32 Å². The number of amides is 1. The predicted molar refractivity (Wildman–Crippen MR) is 62.2 cm³/mol. The number of hydrogen-bond acceptors (Lipinski definition) is 3. The van der Waals surface area contributed by atoms with Gasteiger partial charge in [-0.15, -0.1) is 0 Å². The molecule has 16 heavy (non-hydrogen) atoms. The molecular weight excluding hydrogens is 204 g/mol. The molecule has 0 aromatic carbocycles. The zero-order chi connectivity index (χ0) is 11.4. The second kappa shape index (κ2) is 5.64. The van der Waals surface area contributed by atoms with Gasteiger partial charge in [0.1, 0.15) is 0 Å². The lowest BCUT2D eigenvalue weighted by atomic mass is 9.93. The number of ether oxygens (including phenoxy) is 1. The molecule has 2 rings (SSSR count). The smallest absolute Gasteiger partial charge is 0.239 e. The predicted octanol–water partition coefficient (Wildman–Crippen LogP) is 0.623. The van der Waals surface area contributed by atoms with Gasteiger partial charge in [0, 0.05) is 19.7 Å². The minimum Gasteiger partial charge on any atom is -0.380 e. The minimum atomic E-state index is 0.0434. The summed E-state index contributed by atoms with van der Waals surface area (Å²) in [4.78, 5) is 14.2. The Hall–Kier alpha value is -0.610. The third-order valence-electron chi connectivity index (χ3n) is 3.50. The molecule has 0 bridgehead atoms. The zero-order valence-corrected chi connectivity index (χ0v) is 10.1. The highest BCUT2D eigenvalue weighted by Gasteiger charge is 2.28. The summed E-state index contributed by atoms with van der Waals surface area (Å²) >= 11 is 0. The SMILES string of the molecule is CC1CCNC(C(=O)N2CCCOCC2)C1. The summed E-state index contributed by atoms with van der Waals surface area (Å²) in [5.74, 6) is 0.940. The van der Waals surface area contributed by atoms with Crippen molar-refractivity contribution in [3.63, 3.8) is 0 Å². The molecule has 92 valence electrons. The molecule has 2 unspecified atom stereocenters. The van der Waals surface area contributed by atoms with Crippen LogP contribution in [0.3, 0.4) is 0 Å². The van der Waals surface area contributed by atoms with E-state index in [1.54, 1.807) is 0 Å². The highest BCUT2D eigenvalue weighted by atomic mass is 16.5. The van der Waals surface area contributed by atoms with Crippen LogP contribution in [0.25, 0.3) is 0 Å². The molecule has 2 saturated heterocycles. The van der Waals surface area contributed by atoms with E-state index in [0.717, 1.165) is 39.1 Å². The molecule has 4 nitrogen and oxygen atoms in total. The maximum Gasteiger partial charge on any atom is 0.239 e. The lowest BCUT2D eigenvalue weighted by molar-refractivity contribution is -0.134. The molecule has 0 saturated carbocycles. The van der Waals surface area contributed by atoms with Gasteiger partial charge in [-0.2, -0.15) is 0 Å². The number of piperidine rings is 1. The Morgan fingerprint density at radius 2 is 2.25 bits per heavy atom. The van der Waals surface area contributed by atoms with Crippen LogP contribution in [-0.4, -0.2) is 49.7 Å². The first-order chi connectivity index (χ1) is 7.77. The number of carbonyl (C=O) groups is 1. The normalized spacial score (nSPS) is 32.2. The van der Waals surface area contributed by atoms with Gasteiger partial charge in [0.2, 0.25) is 5.91 Å². The number of hydrogen-bond donors (Lipinski definition) is 1. The maximum absolute atomic E-state index is 12.3. The number of rotatable bonds is 1. The first-order valence-electron chi connectivity index (χ1n) is 6.37. The van der Waals surface area contributed by atoms with Crippen LogP contribution >= 0.6 is 0 Å². The second-order valence-electron chi connectivity index (χ2n) is 4.93. The summed E-state index contributed by atoms with van der Waals surface area (Å²) in [6, 6.07) is 0.0434. The molecule has 4 heteroatoms. The molecule has 2 aliphatic rings. The second-order valence-corrected chi connectivity index (χ2v) is 4.93. The Balaban J connectivity index is 1.89. The minimum absolute atomic E-state index is 0.0434. The fraction of sp³-hybridized carbons (Fsp3) is 0.917. The Kier molecular flexibility index (Phi) is 4.18. The van der Waals surface area contributed by atoms with E-state index in [-0.39, 0.29) is 11.9 Å². The molecule has 1 N–H and O–H groups in total. The summed E-state index contributed by atoms with van der Waals surface area (Å²) in [7, 11) is 0. The summed E-state index contributed by atoms with van der Waals surface area (Å²) in [5.41, 5.74) is 0. The topological polar surface area (TPSA) is 41.6 Å². The molecule has 2 atom stereocenters. The lowest BCUT2D eigenvalue weighted by Gasteiger charge is -2.31. The molecule has 1 amide bonds. The van der Waals surface area contributed by atoms with Crippen LogP contribution in [-0.2, 0) is 9.53 Å². The van der Waals surface area contributed by atoms with Gasteiger partial charge in [0.15, 0.2) is 0 Å². The molecule has 0 spiro atoms. The fourth-order valence-corrected chi connectivity index (χ4v) is 2.48. The van der Waals surface area contributed by atoms with E-state index < -0.39 is 0 Å². The summed E-state index contributed by atoms with van der Waals surface area (Å²) < 4.78 is 5.37. The van der Waals surface area contributed by atoms with Crippen LogP contribution in [0.5, 0.6) is 0 Å². The van der Waals surface area contributed by atoms with Crippen LogP contribution in [0.2, 0.25) is 0 Å². The summed E-state index contributed by atoms with van der Waals surface area (Å²) in [6.07, 6.45) is 3.14. The van der Waals surface area contributed by atoms with Crippen molar-refractivity contribution in [3.8, 4) is 0 Å². The van der Waals surface area contributed by atoms with Crippen LogP contribution in [0.15, 0.2) is 0 Å². The van der Waals surface area contributed by atoms with Crippen molar-refractivity contribution in [2.75, 3.05) is 32.8 Å². The summed E-state index contributed by atoms with van der Waals surface area (Å²) in [5, 5.41) is 3.33. The Bertz CT molecular complexity index is 233. The van der Waals surface area contributed by atoms with Crippen molar-refractivity contribution < 1.29 is 9.53 Å². The number of nitrogens with zero attached hydrogens (tertiary/aromatic N) is 1. The molecule has 2 aliphatic heterocycles. The Morgan fingerprint density at radius 1 is 1.38 bits per heavy atom. The van der Waals surface area contributed by atoms with Gasteiger partial charge in [-0.05, 0) is 31.7 Å². The van der Waals surface area contributed by atoms with E-state index in [2.05, 4.69) is 12.2 Å². The Labute approximate surface area is 97.3 Å². The molecule has 0 radical (unpaired) electrons. The van der Waals surface area contributed by atoms with Crippen molar-refractivity contribution in [1.29, 1.82) is 0 Å². The van der Waals surface area contributed by atoms with Crippen molar-refractivity contribution in [2.45, 2.75) is 32.2 Å². The highest BCUT2D eigenvalue weighted by Crippen LogP contribution is 2.17. The van der Waals surface area contributed by atoms with E-state index >= 15 is 0 Å². The van der Waals surface area contributed by atoms with Gasteiger partial charge in [-0.25, -0.2) is 0 Å². The van der Waals surface area contributed by atoms with Gasteiger partial charge < -0.3 is 15.0 Å². The fourth-order valence-electron chi connectivity index (χ4n) is 2.48. The first-order valence-corrected chi connectivity index (χ1v) is 6.37. The number of nitrogens with one attached hydrogen (secondary N) is 1. The number of carbonyl (C=O) groups excluding carboxylic acids is 1. The maximum atomic E-state index is 12.3. The van der Waals surface area contributed by atoms with Crippen LogP contribution in [0.4, 0.5) is 0 Å². The lowest BCUT2D eigenvalue weighted by Crippen LogP contribution is -2.50. The van der Waals surface area contributed by atoms with E-state index in [0.29, 0.717) is 12.5 Å². The van der Waals surface area contributed by atoms with E-state index in [1.165, 1.54) is 6.42 Å². The van der Waals surface area contributed by atoms with Gasteiger partial charge in [0.25, 0.3) is 0 Å². The first kappa shape index (κ1) is 11.9. The van der Waals surface area contributed by atoms with Crippen molar-refractivity contribution in [1.82, 2.24) is 10.2 Å². The molecule has 2 fully saturated rings. The Morgan fingerprint density at radius 3 is 3.06 bits per heavy atom. The van der Waals surface area contributed by atoms with Gasteiger partial charge in [-0.3, -0.25) is 4.79 Å². The van der Waals surface area contributed by atoms with E-state index in [1.807, 2.05) is 4.90 Å².